The Labute approximate surface area is 173 Å². The number of anilines is 1. The van der Waals surface area contributed by atoms with Gasteiger partial charge in [-0.1, -0.05) is 13.8 Å². The van der Waals surface area contributed by atoms with E-state index in [2.05, 4.69) is 4.74 Å². The number of urea groups is 1. The molecule has 1 fully saturated rings. The minimum atomic E-state index is -0.541. The summed E-state index contributed by atoms with van der Waals surface area (Å²) < 4.78 is 10.0. The predicted molar refractivity (Wildman–Crippen MR) is 112 cm³/mol. The average Bonchev–Trinajstić information content (AvgIpc) is 2.72. The van der Waals surface area contributed by atoms with Gasteiger partial charge in [-0.05, 0) is 45.0 Å². The van der Waals surface area contributed by atoms with Gasteiger partial charge in [0.25, 0.3) is 0 Å². The van der Waals surface area contributed by atoms with Crippen molar-refractivity contribution in [2.45, 2.75) is 40.2 Å². The lowest BCUT2D eigenvalue weighted by molar-refractivity contribution is 0.0172. The summed E-state index contributed by atoms with van der Waals surface area (Å²) in [5.74, 6) is -0.422. The van der Waals surface area contributed by atoms with E-state index in [-0.39, 0.29) is 12.1 Å². The highest BCUT2D eigenvalue weighted by Crippen LogP contribution is 2.18. The van der Waals surface area contributed by atoms with E-state index in [0.717, 1.165) is 0 Å². The van der Waals surface area contributed by atoms with E-state index in [4.69, 9.17) is 4.74 Å². The van der Waals surface area contributed by atoms with Crippen molar-refractivity contribution >= 4 is 23.8 Å². The quantitative estimate of drug-likeness (QED) is 0.700. The molecule has 0 spiro atoms. The Balaban J connectivity index is 0.00000204. The van der Waals surface area contributed by atoms with Gasteiger partial charge < -0.3 is 19.3 Å². The van der Waals surface area contributed by atoms with Gasteiger partial charge in [-0.25, -0.2) is 14.4 Å². The highest BCUT2D eigenvalue weighted by molar-refractivity contribution is 5.93. The van der Waals surface area contributed by atoms with Gasteiger partial charge in [0, 0.05) is 38.9 Å². The number of hydrogen-bond acceptors (Lipinski definition) is 5. The molecular formula is C21H33N3O5. The molecule has 29 heavy (non-hydrogen) atoms. The van der Waals surface area contributed by atoms with E-state index in [0.29, 0.717) is 37.4 Å². The standard InChI is InChI=1S/C19H27N3O5.C2H6/c1-19(2,3)27-18(25)22-12-10-21(11-13-22)17(24)20(4)15-8-6-14(7-9-15)16(23)26-5;1-2/h6-9H,10-13H2,1-5H3;1-2H3. The number of carbonyl (C=O) groups is 3. The summed E-state index contributed by atoms with van der Waals surface area (Å²) in [6.45, 7) is 11.2. The summed E-state index contributed by atoms with van der Waals surface area (Å²) in [5.41, 5.74) is 0.552. The van der Waals surface area contributed by atoms with Crippen LogP contribution in [0, 0.1) is 0 Å². The molecule has 0 bridgehead atoms. The van der Waals surface area contributed by atoms with Crippen LogP contribution in [0.5, 0.6) is 0 Å². The van der Waals surface area contributed by atoms with E-state index in [9.17, 15) is 14.4 Å². The molecule has 1 saturated heterocycles. The number of ether oxygens (including phenoxy) is 2. The van der Waals surface area contributed by atoms with Crippen LogP contribution in [0.3, 0.4) is 0 Å². The maximum absolute atomic E-state index is 12.7. The highest BCUT2D eigenvalue weighted by Gasteiger charge is 2.29. The van der Waals surface area contributed by atoms with E-state index in [1.807, 2.05) is 34.6 Å². The number of carbonyl (C=O) groups excluding carboxylic acids is 3. The van der Waals surface area contributed by atoms with Crippen LogP contribution in [-0.2, 0) is 9.47 Å². The minimum absolute atomic E-state index is 0.162. The van der Waals surface area contributed by atoms with Crippen LogP contribution in [-0.4, -0.2) is 73.8 Å². The Bertz CT molecular complexity index is 689. The van der Waals surface area contributed by atoms with Crippen molar-refractivity contribution in [2.24, 2.45) is 0 Å². The lowest BCUT2D eigenvalue weighted by Gasteiger charge is -2.37. The second-order valence-electron chi connectivity index (χ2n) is 7.33. The monoisotopic (exact) mass is 407 g/mol. The van der Waals surface area contributed by atoms with E-state index in [1.54, 1.807) is 41.1 Å². The Kier molecular flexibility index (Phi) is 8.94. The van der Waals surface area contributed by atoms with Gasteiger partial charge in [-0.3, -0.25) is 4.90 Å². The molecule has 1 aliphatic heterocycles. The topological polar surface area (TPSA) is 79.4 Å². The molecule has 2 rings (SSSR count). The van der Waals surface area contributed by atoms with E-state index < -0.39 is 11.6 Å². The van der Waals surface area contributed by atoms with Crippen LogP contribution >= 0.6 is 0 Å². The molecule has 8 nitrogen and oxygen atoms in total. The molecule has 8 heteroatoms. The number of amides is 3. The molecule has 1 aromatic carbocycles. The van der Waals surface area contributed by atoms with Crippen molar-refractivity contribution < 1.29 is 23.9 Å². The molecule has 0 unspecified atom stereocenters. The van der Waals surface area contributed by atoms with Crippen LogP contribution in [0.25, 0.3) is 0 Å². The molecule has 1 aliphatic rings. The Morgan fingerprint density at radius 2 is 1.41 bits per heavy atom. The van der Waals surface area contributed by atoms with E-state index in [1.165, 1.54) is 12.0 Å². The Morgan fingerprint density at radius 1 is 0.931 bits per heavy atom. The first-order valence-electron chi connectivity index (χ1n) is 9.81. The number of benzene rings is 1. The van der Waals surface area contributed by atoms with Gasteiger partial charge >= 0.3 is 18.1 Å². The third kappa shape index (κ3) is 6.96. The first-order valence-corrected chi connectivity index (χ1v) is 9.81. The van der Waals surface area contributed by atoms with Crippen LogP contribution in [0.2, 0.25) is 0 Å². The van der Waals surface area contributed by atoms with Gasteiger partial charge in [0.2, 0.25) is 0 Å². The molecule has 1 heterocycles. The Hall–Kier alpha value is -2.77. The van der Waals surface area contributed by atoms with Gasteiger partial charge in [0.15, 0.2) is 0 Å². The second-order valence-corrected chi connectivity index (χ2v) is 7.33. The number of methoxy groups -OCH3 is 1. The number of piperazine rings is 1. The first-order chi connectivity index (χ1) is 13.6. The van der Waals surface area contributed by atoms with Crippen LogP contribution < -0.4 is 4.90 Å². The van der Waals surface area contributed by atoms with Crippen molar-refractivity contribution in [1.29, 1.82) is 0 Å². The fourth-order valence-corrected chi connectivity index (χ4v) is 2.67. The molecular weight excluding hydrogens is 374 g/mol. The summed E-state index contributed by atoms with van der Waals surface area (Å²) in [7, 11) is 3.00. The molecule has 0 aromatic heterocycles. The van der Waals surface area contributed by atoms with Crippen molar-refractivity contribution in [2.75, 3.05) is 45.2 Å². The normalized spacial score (nSPS) is 13.8. The third-order valence-corrected chi connectivity index (χ3v) is 4.16. The predicted octanol–water partition coefficient (Wildman–Crippen LogP) is 3.61. The third-order valence-electron chi connectivity index (χ3n) is 4.16. The largest absolute Gasteiger partial charge is 0.465 e. The molecule has 1 aromatic rings. The lowest BCUT2D eigenvalue weighted by Crippen LogP contribution is -2.54. The number of hydrogen-bond donors (Lipinski definition) is 0. The van der Waals surface area contributed by atoms with Crippen molar-refractivity contribution in [3.8, 4) is 0 Å². The van der Waals surface area contributed by atoms with Crippen molar-refractivity contribution in [3.05, 3.63) is 29.8 Å². The maximum atomic E-state index is 12.7. The lowest BCUT2D eigenvalue weighted by atomic mass is 10.2. The summed E-state index contributed by atoms with van der Waals surface area (Å²) >= 11 is 0. The molecule has 0 radical (unpaired) electrons. The number of rotatable bonds is 2. The maximum Gasteiger partial charge on any atom is 0.410 e. The summed E-state index contributed by atoms with van der Waals surface area (Å²) in [5, 5.41) is 0. The molecule has 0 N–H and O–H groups in total. The summed E-state index contributed by atoms with van der Waals surface area (Å²) in [4.78, 5) is 41.1. The zero-order valence-corrected chi connectivity index (χ0v) is 18.5. The summed E-state index contributed by atoms with van der Waals surface area (Å²) in [6, 6.07) is 6.46. The Morgan fingerprint density at radius 3 is 1.86 bits per heavy atom. The smallest absolute Gasteiger partial charge is 0.410 e. The van der Waals surface area contributed by atoms with Gasteiger partial charge in [-0.15, -0.1) is 0 Å². The average molecular weight is 408 g/mol. The van der Waals surface area contributed by atoms with Crippen LogP contribution in [0.1, 0.15) is 45.0 Å². The van der Waals surface area contributed by atoms with Crippen molar-refractivity contribution in [3.63, 3.8) is 0 Å². The van der Waals surface area contributed by atoms with Gasteiger partial charge in [0.1, 0.15) is 5.60 Å². The number of esters is 1. The molecule has 0 saturated carbocycles. The van der Waals surface area contributed by atoms with Crippen molar-refractivity contribution in [1.82, 2.24) is 9.80 Å². The first kappa shape index (κ1) is 24.3. The number of nitrogens with zero attached hydrogens (tertiary/aromatic N) is 3. The minimum Gasteiger partial charge on any atom is -0.465 e. The SMILES string of the molecule is CC.COC(=O)c1ccc(N(C)C(=O)N2CCN(C(=O)OC(C)(C)C)CC2)cc1. The summed E-state index contributed by atoms with van der Waals surface area (Å²) in [6.07, 6.45) is -0.360. The van der Waals surface area contributed by atoms with E-state index >= 15 is 0 Å². The zero-order chi connectivity index (χ0) is 22.2. The highest BCUT2D eigenvalue weighted by atomic mass is 16.6. The fraction of sp³-hybridized carbons (Fsp3) is 0.571. The fourth-order valence-electron chi connectivity index (χ4n) is 2.67. The van der Waals surface area contributed by atoms with Gasteiger partial charge in [0.05, 0.1) is 12.7 Å². The molecule has 162 valence electrons. The van der Waals surface area contributed by atoms with Crippen LogP contribution in [0.15, 0.2) is 24.3 Å². The molecule has 3 amide bonds. The second kappa shape index (κ2) is 10.7. The molecule has 0 atom stereocenters. The zero-order valence-electron chi connectivity index (χ0n) is 18.5. The van der Waals surface area contributed by atoms with Gasteiger partial charge in [-0.2, -0.15) is 0 Å². The van der Waals surface area contributed by atoms with Crippen LogP contribution in [0.4, 0.5) is 15.3 Å². The molecule has 0 aliphatic carbocycles.